The van der Waals surface area contributed by atoms with Crippen LogP contribution in [0.3, 0.4) is 0 Å². The van der Waals surface area contributed by atoms with Crippen molar-refractivity contribution in [3.05, 3.63) is 29.8 Å². The van der Waals surface area contributed by atoms with E-state index in [1.807, 2.05) is 13.8 Å². The highest BCUT2D eigenvalue weighted by Gasteiger charge is 2.15. The Kier molecular flexibility index (Phi) is 5.23. The molecule has 1 saturated carbocycles. The van der Waals surface area contributed by atoms with Crippen LogP contribution in [0.4, 0.5) is 0 Å². The predicted molar refractivity (Wildman–Crippen MR) is 65.4 cm³/mol. The van der Waals surface area contributed by atoms with Crippen molar-refractivity contribution < 1.29 is 4.74 Å². The lowest BCUT2D eigenvalue weighted by molar-refractivity contribution is 0.210. The van der Waals surface area contributed by atoms with Crippen LogP contribution in [0, 0.1) is 6.92 Å². The van der Waals surface area contributed by atoms with Crippen molar-refractivity contribution in [2.24, 2.45) is 0 Å². The van der Waals surface area contributed by atoms with E-state index in [1.54, 1.807) is 0 Å². The predicted octanol–water partition coefficient (Wildman–Crippen LogP) is 4.34. The van der Waals surface area contributed by atoms with E-state index in [0.717, 1.165) is 5.75 Å². The number of rotatable bonds is 2. The van der Waals surface area contributed by atoms with Gasteiger partial charge >= 0.3 is 0 Å². The molecule has 2 rings (SSSR count). The van der Waals surface area contributed by atoms with E-state index in [-0.39, 0.29) is 0 Å². The Morgan fingerprint density at radius 2 is 1.53 bits per heavy atom. The molecule has 1 fully saturated rings. The Morgan fingerprint density at radius 3 is 2.07 bits per heavy atom. The molecule has 0 amide bonds. The Morgan fingerprint density at radius 1 is 1.00 bits per heavy atom. The van der Waals surface area contributed by atoms with Crippen molar-refractivity contribution in [3.63, 3.8) is 0 Å². The molecule has 0 unspecified atom stereocenters. The number of benzene rings is 1. The van der Waals surface area contributed by atoms with Crippen LogP contribution in [0.1, 0.15) is 45.1 Å². The summed E-state index contributed by atoms with van der Waals surface area (Å²) < 4.78 is 5.83. The van der Waals surface area contributed by atoms with Crippen LogP contribution in [0.5, 0.6) is 5.75 Å². The third-order valence-electron chi connectivity index (χ3n) is 2.63. The largest absolute Gasteiger partial charge is 0.490 e. The first-order valence-electron chi connectivity index (χ1n) is 6.08. The standard InChI is InChI=1S/C12H16O.C2H6/c1-10-6-8-12(9-7-10)13-11-4-2-3-5-11;1-2/h6-9,11H,2-5H2,1H3;1-2H3. The Hall–Kier alpha value is -0.980. The monoisotopic (exact) mass is 206 g/mol. The molecule has 0 radical (unpaired) electrons. The van der Waals surface area contributed by atoms with E-state index in [9.17, 15) is 0 Å². The molecule has 1 heteroatoms. The van der Waals surface area contributed by atoms with Gasteiger partial charge in [-0.05, 0) is 44.7 Å². The first-order chi connectivity index (χ1) is 7.34. The quantitative estimate of drug-likeness (QED) is 0.699. The van der Waals surface area contributed by atoms with Crippen LogP contribution in [0.15, 0.2) is 24.3 Å². The van der Waals surface area contributed by atoms with Crippen molar-refractivity contribution in [2.75, 3.05) is 0 Å². The van der Waals surface area contributed by atoms with Crippen LogP contribution in [-0.4, -0.2) is 6.10 Å². The molecule has 0 aromatic heterocycles. The van der Waals surface area contributed by atoms with Gasteiger partial charge in [-0.15, -0.1) is 0 Å². The van der Waals surface area contributed by atoms with Gasteiger partial charge in [0.1, 0.15) is 5.75 Å². The molecule has 84 valence electrons. The lowest BCUT2D eigenvalue weighted by atomic mass is 10.2. The van der Waals surface area contributed by atoms with E-state index in [4.69, 9.17) is 4.74 Å². The minimum absolute atomic E-state index is 0.475. The second-order valence-corrected chi connectivity index (χ2v) is 3.84. The van der Waals surface area contributed by atoms with Crippen molar-refractivity contribution >= 4 is 0 Å². The maximum absolute atomic E-state index is 5.83. The zero-order valence-corrected chi connectivity index (χ0v) is 10.1. The minimum atomic E-state index is 0.475. The fourth-order valence-corrected chi connectivity index (χ4v) is 1.82. The zero-order chi connectivity index (χ0) is 11.1. The Labute approximate surface area is 93.5 Å². The number of aryl methyl sites for hydroxylation is 1. The molecule has 0 bridgehead atoms. The molecular weight excluding hydrogens is 184 g/mol. The van der Waals surface area contributed by atoms with Crippen LogP contribution < -0.4 is 4.74 Å². The fourth-order valence-electron chi connectivity index (χ4n) is 1.82. The molecular formula is C14H22O. The third-order valence-corrected chi connectivity index (χ3v) is 2.63. The first kappa shape index (κ1) is 12.1. The summed E-state index contributed by atoms with van der Waals surface area (Å²) in [4.78, 5) is 0. The summed E-state index contributed by atoms with van der Waals surface area (Å²) >= 11 is 0. The van der Waals surface area contributed by atoms with Crippen molar-refractivity contribution in [2.45, 2.75) is 52.6 Å². The highest BCUT2D eigenvalue weighted by Crippen LogP contribution is 2.23. The molecule has 0 saturated heterocycles. The lowest BCUT2D eigenvalue weighted by Gasteiger charge is -2.12. The van der Waals surface area contributed by atoms with Crippen LogP contribution in [0.2, 0.25) is 0 Å². The summed E-state index contributed by atoms with van der Waals surface area (Å²) in [6.45, 7) is 6.10. The lowest BCUT2D eigenvalue weighted by Crippen LogP contribution is -2.10. The maximum Gasteiger partial charge on any atom is 0.119 e. The van der Waals surface area contributed by atoms with Gasteiger partial charge in [-0.1, -0.05) is 31.5 Å². The van der Waals surface area contributed by atoms with E-state index < -0.39 is 0 Å². The Balaban J connectivity index is 0.000000531. The van der Waals surface area contributed by atoms with Gasteiger partial charge in [-0.25, -0.2) is 0 Å². The molecule has 0 spiro atoms. The summed E-state index contributed by atoms with van der Waals surface area (Å²) in [6, 6.07) is 8.33. The van der Waals surface area contributed by atoms with E-state index in [2.05, 4.69) is 31.2 Å². The highest BCUT2D eigenvalue weighted by atomic mass is 16.5. The number of hydrogen-bond donors (Lipinski definition) is 0. The third kappa shape index (κ3) is 3.94. The van der Waals surface area contributed by atoms with Gasteiger partial charge in [0.15, 0.2) is 0 Å². The van der Waals surface area contributed by atoms with Gasteiger partial charge in [0.25, 0.3) is 0 Å². The van der Waals surface area contributed by atoms with E-state index >= 15 is 0 Å². The molecule has 1 aliphatic carbocycles. The average Bonchev–Trinajstić information content (AvgIpc) is 2.77. The minimum Gasteiger partial charge on any atom is -0.490 e. The first-order valence-corrected chi connectivity index (χ1v) is 6.08. The Bertz CT molecular complexity index is 257. The van der Waals surface area contributed by atoms with Crippen LogP contribution >= 0.6 is 0 Å². The van der Waals surface area contributed by atoms with E-state index in [1.165, 1.54) is 31.2 Å². The zero-order valence-electron chi connectivity index (χ0n) is 10.1. The molecule has 1 aromatic carbocycles. The second-order valence-electron chi connectivity index (χ2n) is 3.84. The molecule has 0 atom stereocenters. The highest BCUT2D eigenvalue weighted by molar-refractivity contribution is 5.26. The summed E-state index contributed by atoms with van der Waals surface area (Å²) in [5.41, 5.74) is 1.29. The summed E-state index contributed by atoms with van der Waals surface area (Å²) in [5.74, 6) is 1.03. The van der Waals surface area contributed by atoms with Crippen LogP contribution in [-0.2, 0) is 0 Å². The summed E-state index contributed by atoms with van der Waals surface area (Å²) in [5, 5.41) is 0. The molecule has 1 nitrogen and oxygen atoms in total. The maximum atomic E-state index is 5.83. The van der Waals surface area contributed by atoms with Crippen LogP contribution in [0.25, 0.3) is 0 Å². The van der Waals surface area contributed by atoms with Gasteiger partial charge in [0.2, 0.25) is 0 Å². The van der Waals surface area contributed by atoms with Crippen molar-refractivity contribution in [3.8, 4) is 5.75 Å². The van der Waals surface area contributed by atoms with Gasteiger partial charge in [-0.2, -0.15) is 0 Å². The molecule has 1 aromatic rings. The normalized spacial score (nSPS) is 15.7. The molecule has 15 heavy (non-hydrogen) atoms. The van der Waals surface area contributed by atoms with Gasteiger partial charge in [-0.3, -0.25) is 0 Å². The van der Waals surface area contributed by atoms with Gasteiger partial charge in [0, 0.05) is 0 Å². The summed E-state index contributed by atoms with van der Waals surface area (Å²) in [7, 11) is 0. The van der Waals surface area contributed by atoms with Crippen molar-refractivity contribution in [1.82, 2.24) is 0 Å². The number of ether oxygens (including phenoxy) is 1. The SMILES string of the molecule is CC.Cc1ccc(OC2CCCC2)cc1. The summed E-state index contributed by atoms with van der Waals surface area (Å²) in [6.07, 6.45) is 5.59. The average molecular weight is 206 g/mol. The molecule has 0 heterocycles. The smallest absolute Gasteiger partial charge is 0.119 e. The fraction of sp³-hybridized carbons (Fsp3) is 0.571. The molecule has 1 aliphatic rings. The topological polar surface area (TPSA) is 9.23 Å². The van der Waals surface area contributed by atoms with Crippen molar-refractivity contribution in [1.29, 1.82) is 0 Å². The van der Waals surface area contributed by atoms with Gasteiger partial charge in [0.05, 0.1) is 6.10 Å². The van der Waals surface area contributed by atoms with Gasteiger partial charge < -0.3 is 4.74 Å². The molecule has 0 aliphatic heterocycles. The second kappa shape index (κ2) is 6.49. The van der Waals surface area contributed by atoms with E-state index in [0.29, 0.717) is 6.10 Å². The number of hydrogen-bond acceptors (Lipinski definition) is 1. The molecule has 0 N–H and O–H groups in total.